The zero-order valence-corrected chi connectivity index (χ0v) is 15.4. The SMILES string of the molecule is CCN(CC)C(=O)c1ccc(NC(=O)c2c(C)noc2C(C)C)cc1. The van der Waals surface area contributed by atoms with Gasteiger partial charge in [-0.1, -0.05) is 19.0 Å². The quantitative estimate of drug-likeness (QED) is 0.864. The van der Waals surface area contributed by atoms with Crippen LogP contribution in [0.4, 0.5) is 5.69 Å². The number of hydrogen-bond donors (Lipinski definition) is 1. The van der Waals surface area contributed by atoms with Crippen molar-refractivity contribution < 1.29 is 14.1 Å². The highest BCUT2D eigenvalue weighted by molar-refractivity contribution is 6.06. The molecule has 0 bridgehead atoms. The van der Waals surface area contributed by atoms with Gasteiger partial charge in [-0.2, -0.15) is 0 Å². The van der Waals surface area contributed by atoms with E-state index in [0.29, 0.717) is 41.4 Å². The zero-order valence-electron chi connectivity index (χ0n) is 15.4. The van der Waals surface area contributed by atoms with E-state index < -0.39 is 0 Å². The molecule has 0 atom stereocenters. The monoisotopic (exact) mass is 343 g/mol. The molecule has 0 aliphatic carbocycles. The molecular formula is C19H25N3O3. The van der Waals surface area contributed by atoms with E-state index in [2.05, 4.69) is 10.5 Å². The number of benzene rings is 1. The van der Waals surface area contributed by atoms with Gasteiger partial charge in [0.2, 0.25) is 0 Å². The second kappa shape index (κ2) is 7.96. The normalized spacial score (nSPS) is 10.8. The van der Waals surface area contributed by atoms with Crippen LogP contribution < -0.4 is 5.32 Å². The van der Waals surface area contributed by atoms with Gasteiger partial charge in [-0.15, -0.1) is 0 Å². The zero-order chi connectivity index (χ0) is 18.6. The predicted molar refractivity (Wildman–Crippen MR) is 97.0 cm³/mol. The topological polar surface area (TPSA) is 75.4 Å². The van der Waals surface area contributed by atoms with Crippen LogP contribution in [0.2, 0.25) is 0 Å². The Morgan fingerprint density at radius 1 is 1.16 bits per heavy atom. The van der Waals surface area contributed by atoms with Gasteiger partial charge < -0.3 is 14.7 Å². The van der Waals surface area contributed by atoms with Gasteiger partial charge in [-0.05, 0) is 45.0 Å². The summed E-state index contributed by atoms with van der Waals surface area (Å²) in [7, 11) is 0. The van der Waals surface area contributed by atoms with Crippen LogP contribution in [0.5, 0.6) is 0 Å². The van der Waals surface area contributed by atoms with Crippen LogP contribution in [0.3, 0.4) is 0 Å². The van der Waals surface area contributed by atoms with Crippen LogP contribution in [0.15, 0.2) is 28.8 Å². The Balaban J connectivity index is 2.15. The van der Waals surface area contributed by atoms with Crippen molar-refractivity contribution in [1.29, 1.82) is 0 Å². The molecule has 2 aromatic rings. The number of nitrogens with one attached hydrogen (secondary N) is 1. The summed E-state index contributed by atoms with van der Waals surface area (Å²) >= 11 is 0. The fraction of sp³-hybridized carbons (Fsp3) is 0.421. The number of carbonyl (C=O) groups excluding carboxylic acids is 2. The molecule has 0 spiro atoms. The summed E-state index contributed by atoms with van der Waals surface area (Å²) < 4.78 is 5.26. The minimum atomic E-state index is -0.259. The van der Waals surface area contributed by atoms with Gasteiger partial charge in [0.15, 0.2) is 5.76 Å². The van der Waals surface area contributed by atoms with Crippen LogP contribution in [0.25, 0.3) is 0 Å². The molecule has 0 fully saturated rings. The van der Waals surface area contributed by atoms with Crippen LogP contribution in [-0.2, 0) is 0 Å². The number of carbonyl (C=O) groups is 2. The average Bonchev–Trinajstić information content (AvgIpc) is 2.98. The lowest BCUT2D eigenvalue weighted by atomic mass is 10.0. The number of amides is 2. The third-order valence-corrected chi connectivity index (χ3v) is 4.08. The van der Waals surface area contributed by atoms with E-state index in [1.54, 1.807) is 36.1 Å². The highest BCUT2D eigenvalue weighted by Crippen LogP contribution is 2.23. The molecule has 0 aliphatic heterocycles. The molecule has 134 valence electrons. The van der Waals surface area contributed by atoms with Crippen molar-refractivity contribution in [3.63, 3.8) is 0 Å². The molecule has 6 nitrogen and oxygen atoms in total. The Hall–Kier alpha value is -2.63. The molecule has 0 aliphatic rings. The smallest absolute Gasteiger partial charge is 0.261 e. The summed E-state index contributed by atoms with van der Waals surface area (Å²) in [4.78, 5) is 26.6. The molecule has 25 heavy (non-hydrogen) atoms. The summed E-state index contributed by atoms with van der Waals surface area (Å²) in [5.74, 6) is 0.365. The Bertz CT molecular complexity index is 744. The lowest BCUT2D eigenvalue weighted by Gasteiger charge is -2.18. The number of anilines is 1. The van der Waals surface area contributed by atoms with Crippen molar-refractivity contribution in [3.05, 3.63) is 46.8 Å². The standard InChI is InChI=1S/C19H25N3O3/c1-6-22(7-2)19(24)14-8-10-15(11-9-14)20-18(23)16-13(5)21-25-17(16)12(3)4/h8-12H,6-7H2,1-5H3,(H,20,23). The first-order chi connectivity index (χ1) is 11.9. The maximum absolute atomic E-state index is 12.6. The molecule has 1 N–H and O–H groups in total. The van der Waals surface area contributed by atoms with Gasteiger partial charge in [0.05, 0.1) is 5.69 Å². The van der Waals surface area contributed by atoms with E-state index in [1.807, 2.05) is 27.7 Å². The van der Waals surface area contributed by atoms with E-state index in [0.717, 1.165) is 0 Å². The van der Waals surface area contributed by atoms with Crippen LogP contribution in [0.1, 0.15) is 65.8 Å². The Morgan fingerprint density at radius 3 is 2.28 bits per heavy atom. The number of aromatic nitrogens is 1. The van der Waals surface area contributed by atoms with E-state index in [4.69, 9.17) is 4.52 Å². The largest absolute Gasteiger partial charge is 0.360 e. The van der Waals surface area contributed by atoms with E-state index >= 15 is 0 Å². The lowest BCUT2D eigenvalue weighted by molar-refractivity contribution is 0.0773. The molecule has 1 aromatic heterocycles. The molecule has 2 amide bonds. The molecule has 1 aromatic carbocycles. The Kier molecular flexibility index (Phi) is 5.96. The maximum atomic E-state index is 12.6. The second-order valence-electron chi connectivity index (χ2n) is 6.17. The van der Waals surface area contributed by atoms with Crippen molar-refractivity contribution in [2.75, 3.05) is 18.4 Å². The number of aryl methyl sites for hydroxylation is 1. The number of rotatable bonds is 6. The number of nitrogens with zero attached hydrogens (tertiary/aromatic N) is 2. The van der Waals surface area contributed by atoms with Crippen LogP contribution >= 0.6 is 0 Å². The molecule has 1 heterocycles. The Morgan fingerprint density at radius 2 is 1.76 bits per heavy atom. The lowest BCUT2D eigenvalue weighted by Crippen LogP contribution is -2.30. The molecule has 0 saturated heterocycles. The van der Waals surface area contributed by atoms with Gasteiger partial charge in [-0.3, -0.25) is 9.59 Å². The summed E-state index contributed by atoms with van der Waals surface area (Å²) in [6.45, 7) is 10.9. The van der Waals surface area contributed by atoms with E-state index in [9.17, 15) is 9.59 Å². The maximum Gasteiger partial charge on any atom is 0.261 e. The minimum absolute atomic E-state index is 0.0140. The van der Waals surface area contributed by atoms with E-state index in [1.165, 1.54) is 0 Å². The van der Waals surface area contributed by atoms with Gasteiger partial charge in [0.25, 0.3) is 11.8 Å². The first-order valence-corrected chi connectivity index (χ1v) is 8.55. The number of hydrogen-bond acceptors (Lipinski definition) is 4. The first kappa shape index (κ1) is 18.7. The van der Waals surface area contributed by atoms with Crippen molar-refractivity contribution >= 4 is 17.5 Å². The summed E-state index contributed by atoms with van der Waals surface area (Å²) in [5, 5.41) is 6.73. The van der Waals surface area contributed by atoms with Crippen molar-refractivity contribution in [2.24, 2.45) is 0 Å². The van der Waals surface area contributed by atoms with Gasteiger partial charge in [0, 0.05) is 30.3 Å². The minimum Gasteiger partial charge on any atom is -0.360 e. The van der Waals surface area contributed by atoms with Gasteiger partial charge >= 0.3 is 0 Å². The summed E-state index contributed by atoms with van der Waals surface area (Å²) in [5.41, 5.74) is 2.26. The Labute approximate surface area is 148 Å². The van der Waals surface area contributed by atoms with Crippen LogP contribution in [0, 0.1) is 6.92 Å². The highest BCUT2D eigenvalue weighted by Gasteiger charge is 2.22. The predicted octanol–water partition coefficient (Wildman–Crippen LogP) is 3.84. The third-order valence-electron chi connectivity index (χ3n) is 4.08. The summed E-state index contributed by atoms with van der Waals surface area (Å²) in [6, 6.07) is 6.90. The van der Waals surface area contributed by atoms with Gasteiger partial charge in [-0.25, -0.2) is 0 Å². The third kappa shape index (κ3) is 4.07. The molecule has 6 heteroatoms. The fourth-order valence-corrected chi connectivity index (χ4v) is 2.64. The van der Waals surface area contributed by atoms with Crippen molar-refractivity contribution in [2.45, 2.75) is 40.5 Å². The summed E-state index contributed by atoms with van der Waals surface area (Å²) in [6.07, 6.45) is 0. The fourth-order valence-electron chi connectivity index (χ4n) is 2.64. The van der Waals surface area contributed by atoms with E-state index in [-0.39, 0.29) is 17.7 Å². The van der Waals surface area contributed by atoms with Gasteiger partial charge in [0.1, 0.15) is 5.56 Å². The highest BCUT2D eigenvalue weighted by atomic mass is 16.5. The van der Waals surface area contributed by atoms with Crippen molar-refractivity contribution in [3.8, 4) is 0 Å². The van der Waals surface area contributed by atoms with Crippen molar-refractivity contribution in [1.82, 2.24) is 10.1 Å². The first-order valence-electron chi connectivity index (χ1n) is 8.55. The molecule has 0 radical (unpaired) electrons. The molecular weight excluding hydrogens is 318 g/mol. The molecule has 0 saturated carbocycles. The second-order valence-corrected chi connectivity index (χ2v) is 6.17. The molecule has 2 rings (SSSR count). The van der Waals surface area contributed by atoms with Crippen LogP contribution in [-0.4, -0.2) is 35.0 Å². The average molecular weight is 343 g/mol. The molecule has 0 unspecified atom stereocenters.